The standard InChI is InChI=1S/C26H29N5O2/c1-26(2,3)30(4)25(32)33-20-13-15-31(16-14-20)24-22-8-6-5-7-21(22)23(28-29-24)19-11-9-18(17-27)10-12-19/h5-12,20H,13-16H2,1-4H3. The second-order valence-electron chi connectivity index (χ2n) is 9.41. The van der Waals surface area contributed by atoms with E-state index in [-0.39, 0.29) is 17.7 Å². The molecule has 0 atom stereocenters. The van der Waals surface area contributed by atoms with E-state index in [9.17, 15) is 4.79 Å². The zero-order chi connectivity index (χ0) is 23.6. The van der Waals surface area contributed by atoms with Gasteiger partial charge in [-0.05, 0) is 32.9 Å². The molecule has 0 saturated carbocycles. The highest BCUT2D eigenvalue weighted by molar-refractivity contribution is 6.00. The third-order valence-corrected chi connectivity index (χ3v) is 6.24. The van der Waals surface area contributed by atoms with Gasteiger partial charge in [0.05, 0.1) is 11.6 Å². The van der Waals surface area contributed by atoms with Crippen LogP contribution < -0.4 is 4.90 Å². The first-order valence-electron chi connectivity index (χ1n) is 11.2. The summed E-state index contributed by atoms with van der Waals surface area (Å²) in [6.45, 7) is 7.45. The number of rotatable bonds is 3. The number of aromatic nitrogens is 2. The molecule has 170 valence electrons. The summed E-state index contributed by atoms with van der Waals surface area (Å²) in [6.07, 6.45) is 1.11. The molecule has 0 bridgehead atoms. The number of hydrogen-bond acceptors (Lipinski definition) is 6. The van der Waals surface area contributed by atoms with Crippen LogP contribution in [0.15, 0.2) is 48.5 Å². The van der Waals surface area contributed by atoms with E-state index in [4.69, 9.17) is 10.00 Å². The number of nitrogens with zero attached hydrogens (tertiary/aromatic N) is 5. The Labute approximate surface area is 194 Å². The molecule has 33 heavy (non-hydrogen) atoms. The Morgan fingerprint density at radius 2 is 1.70 bits per heavy atom. The third-order valence-electron chi connectivity index (χ3n) is 6.24. The van der Waals surface area contributed by atoms with Crippen LogP contribution in [0.25, 0.3) is 22.0 Å². The smallest absolute Gasteiger partial charge is 0.410 e. The summed E-state index contributed by atoms with van der Waals surface area (Å²) in [5, 5.41) is 20.3. The molecule has 0 N–H and O–H groups in total. The van der Waals surface area contributed by atoms with Gasteiger partial charge in [0.1, 0.15) is 11.8 Å². The first-order chi connectivity index (χ1) is 15.8. The Balaban J connectivity index is 1.52. The van der Waals surface area contributed by atoms with Gasteiger partial charge in [0.25, 0.3) is 0 Å². The van der Waals surface area contributed by atoms with E-state index in [0.717, 1.165) is 53.8 Å². The molecule has 4 rings (SSSR count). The fourth-order valence-electron chi connectivity index (χ4n) is 3.92. The van der Waals surface area contributed by atoms with Crippen molar-refractivity contribution in [3.63, 3.8) is 0 Å². The minimum absolute atomic E-state index is 0.101. The molecule has 3 aromatic rings. The average molecular weight is 444 g/mol. The lowest BCUT2D eigenvalue weighted by Crippen LogP contribution is -2.46. The molecule has 1 aliphatic heterocycles. The van der Waals surface area contributed by atoms with Crippen LogP contribution >= 0.6 is 0 Å². The first-order valence-corrected chi connectivity index (χ1v) is 11.2. The number of benzene rings is 2. The van der Waals surface area contributed by atoms with Crippen molar-refractivity contribution in [1.82, 2.24) is 15.1 Å². The zero-order valence-corrected chi connectivity index (χ0v) is 19.6. The van der Waals surface area contributed by atoms with Gasteiger partial charge < -0.3 is 14.5 Å². The maximum absolute atomic E-state index is 12.4. The highest BCUT2D eigenvalue weighted by Crippen LogP contribution is 2.33. The Bertz CT molecular complexity index is 1190. The number of anilines is 1. The van der Waals surface area contributed by atoms with Gasteiger partial charge in [0, 0.05) is 54.9 Å². The van der Waals surface area contributed by atoms with Crippen molar-refractivity contribution in [1.29, 1.82) is 5.26 Å². The molecule has 0 aliphatic carbocycles. The van der Waals surface area contributed by atoms with Gasteiger partial charge in [0.2, 0.25) is 0 Å². The average Bonchev–Trinajstić information content (AvgIpc) is 2.83. The molecule has 0 unspecified atom stereocenters. The van der Waals surface area contributed by atoms with E-state index in [0.29, 0.717) is 5.56 Å². The minimum Gasteiger partial charge on any atom is -0.446 e. The summed E-state index contributed by atoms with van der Waals surface area (Å²) >= 11 is 0. The Kier molecular flexibility index (Phi) is 6.19. The fourth-order valence-corrected chi connectivity index (χ4v) is 3.92. The number of hydrogen-bond donors (Lipinski definition) is 0. The summed E-state index contributed by atoms with van der Waals surface area (Å²) in [7, 11) is 1.77. The lowest BCUT2D eigenvalue weighted by Gasteiger charge is -2.36. The van der Waals surface area contributed by atoms with Crippen LogP contribution in [0.4, 0.5) is 10.6 Å². The van der Waals surface area contributed by atoms with Crippen LogP contribution in [0.1, 0.15) is 39.2 Å². The lowest BCUT2D eigenvalue weighted by molar-refractivity contribution is 0.0382. The maximum atomic E-state index is 12.4. The lowest BCUT2D eigenvalue weighted by atomic mass is 10.0. The molecule has 0 spiro atoms. The second kappa shape index (κ2) is 9.07. The Morgan fingerprint density at radius 3 is 2.30 bits per heavy atom. The van der Waals surface area contributed by atoms with Gasteiger partial charge in [-0.1, -0.05) is 36.4 Å². The number of piperidine rings is 1. The van der Waals surface area contributed by atoms with Gasteiger partial charge in [-0.3, -0.25) is 0 Å². The number of amides is 1. The van der Waals surface area contributed by atoms with E-state index in [2.05, 4.69) is 33.3 Å². The molecular weight excluding hydrogens is 414 g/mol. The van der Waals surface area contributed by atoms with Crippen LogP contribution in [0, 0.1) is 11.3 Å². The summed E-state index contributed by atoms with van der Waals surface area (Å²) in [4.78, 5) is 16.3. The maximum Gasteiger partial charge on any atom is 0.410 e. The van der Waals surface area contributed by atoms with E-state index in [1.165, 1.54) is 0 Å². The van der Waals surface area contributed by atoms with Crippen molar-refractivity contribution in [2.24, 2.45) is 0 Å². The van der Waals surface area contributed by atoms with E-state index >= 15 is 0 Å². The van der Waals surface area contributed by atoms with Crippen molar-refractivity contribution in [2.75, 3.05) is 25.0 Å². The normalized spacial score (nSPS) is 14.7. The van der Waals surface area contributed by atoms with E-state index in [1.807, 2.05) is 45.0 Å². The summed E-state index contributed by atoms with van der Waals surface area (Å²) in [5.41, 5.74) is 2.07. The molecule has 2 heterocycles. The minimum atomic E-state index is -0.280. The van der Waals surface area contributed by atoms with Crippen LogP contribution in [-0.2, 0) is 4.74 Å². The van der Waals surface area contributed by atoms with Crippen molar-refractivity contribution < 1.29 is 9.53 Å². The van der Waals surface area contributed by atoms with E-state index < -0.39 is 0 Å². The molecule has 2 aromatic carbocycles. The van der Waals surface area contributed by atoms with Crippen LogP contribution in [0.3, 0.4) is 0 Å². The summed E-state index contributed by atoms with van der Waals surface area (Å²) in [5.74, 6) is 0.847. The molecule has 1 amide bonds. The number of carbonyl (C=O) groups excluding carboxylic acids is 1. The monoisotopic (exact) mass is 443 g/mol. The highest BCUT2D eigenvalue weighted by atomic mass is 16.6. The Morgan fingerprint density at radius 1 is 1.06 bits per heavy atom. The quantitative estimate of drug-likeness (QED) is 0.566. The first kappa shape index (κ1) is 22.5. The van der Waals surface area contributed by atoms with Gasteiger partial charge in [-0.15, -0.1) is 10.2 Å². The zero-order valence-electron chi connectivity index (χ0n) is 19.6. The third kappa shape index (κ3) is 4.75. The van der Waals surface area contributed by atoms with Gasteiger partial charge >= 0.3 is 6.09 Å². The Hall–Kier alpha value is -3.66. The molecule has 7 nitrogen and oxygen atoms in total. The summed E-state index contributed by atoms with van der Waals surface area (Å²) in [6, 6.07) is 17.7. The number of carbonyl (C=O) groups is 1. The molecule has 0 radical (unpaired) electrons. The predicted molar refractivity (Wildman–Crippen MR) is 129 cm³/mol. The molecule has 1 aromatic heterocycles. The number of nitriles is 1. The van der Waals surface area contributed by atoms with Crippen molar-refractivity contribution in [3.05, 3.63) is 54.1 Å². The molecule has 1 fully saturated rings. The molecule has 1 aliphatic rings. The van der Waals surface area contributed by atoms with Crippen LogP contribution in [0.2, 0.25) is 0 Å². The number of fused-ring (bicyclic) bond motifs is 1. The SMILES string of the molecule is CN(C(=O)OC1CCN(c2nnc(-c3ccc(C#N)cc3)c3ccccc23)CC1)C(C)(C)C. The second-order valence-corrected chi connectivity index (χ2v) is 9.41. The van der Waals surface area contributed by atoms with Gasteiger partial charge in [-0.25, -0.2) is 4.79 Å². The van der Waals surface area contributed by atoms with Crippen molar-refractivity contribution in [2.45, 2.75) is 45.3 Å². The van der Waals surface area contributed by atoms with Crippen molar-refractivity contribution >= 4 is 22.7 Å². The van der Waals surface area contributed by atoms with Crippen LogP contribution in [0.5, 0.6) is 0 Å². The molecule has 7 heteroatoms. The predicted octanol–water partition coefficient (Wildman–Crippen LogP) is 5.00. The topological polar surface area (TPSA) is 82.3 Å². The van der Waals surface area contributed by atoms with Gasteiger partial charge in [0.15, 0.2) is 5.82 Å². The van der Waals surface area contributed by atoms with Gasteiger partial charge in [-0.2, -0.15) is 5.26 Å². The van der Waals surface area contributed by atoms with Crippen molar-refractivity contribution in [3.8, 4) is 17.3 Å². The fraction of sp³-hybridized carbons (Fsp3) is 0.385. The summed E-state index contributed by atoms with van der Waals surface area (Å²) < 4.78 is 5.75. The number of ether oxygens (including phenoxy) is 1. The molecular formula is C26H29N5O2. The highest BCUT2D eigenvalue weighted by Gasteiger charge is 2.29. The largest absolute Gasteiger partial charge is 0.446 e. The van der Waals surface area contributed by atoms with E-state index in [1.54, 1.807) is 24.1 Å². The molecule has 1 saturated heterocycles. The van der Waals surface area contributed by atoms with Crippen LogP contribution in [-0.4, -0.2) is 53.0 Å².